The SMILES string of the molecule is O=C(COc1cccc(NC(=O)NCCc2ccn(-c3ccccc3)n2)c1)Nc1ccccc1. The summed E-state index contributed by atoms with van der Waals surface area (Å²) in [6, 6.07) is 27.5. The fraction of sp³-hybridized carbons (Fsp3) is 0.115. The lowest BCUT2D eigenvalue weighted by Gasteiger charge is -2.10. The number of nitrogens with one attached hydrogen (secondary N) is 3. The van der Waals surface area contributed by atoms with Crippen molar-refractivity contribution in [3.63, 3.8) is 0 Å². The van der Waals surface area contributed by atoms with E-state index in [1.165, 1.54) is 0 Å². The summed E-state index contributed by atoms with van der Waals surface area (Å²) in [6.07, 6.45) is 2.50. The molecule has 4 rings (SSSR count). The van der Waals surface area contributed by atoms with Gasteiger partial charge in [-0.15, -0.1) is 0 Å². The number of hydrogen-bond donors (Lipinski definition) is 3. The van der Waals surface area contributed by atoms with Crippen LogP contribution >= 0.6 is 0 Å². The van der Waals surface area contributed by atoms with Gasteiger partial charge in [-0.3, -0.25) is 4.79 Å². The first-order valence-electron chi connectivity index (χ1n) is 10.9. The van der Waals surface area contributed by atoms with E-state index >= 15 is 0 Å². The molecule has 8 heteroatoms. The monoisotopic (exact) mass is 455 g/mol. The summed E-state index contributed by atoms with van der Waals surface area (Å²) in [4.78, 5) is 24.3. The first-order chi connectivity index (χ1) is 16.7. The van der Waals surface area contributed by atoms with Crippen molar-refractivity contribution < 1.29 is 14.3 Å². The van der Waals surface area contributed by atoms with Gasteiger partial charge in [-0.2, -0.15) is 5.10 Å². The zero-order valence-corrected chi connectivity index (χ0v) is 18.5. The maximum atomic E-state index is 12.3. The summed E-state index contributed by atoms with van der Waals surface area (Å²) in [5, 5.41) is 12.9. The van der Waals surface area contributed by atoms with Crippen molar-refractivity contribution in [1.82, 2.24) is 15.1 Å². The van der Waals surface area contributed by atoms with Gasteiger partial charge in [0.15, 0.2) is 6.61 Å². The largest absolute Gasteiger partial charge is 0.484 e. The summed E-state index contributed by atoms with van der Waals surface area (Å²) < 4.78 is 7.35. The van der Waals surface area contributed by atoms with E-state index in [-0.39, 0.29) is 18.5 Å². The van der Waals surface area contributed by atoms with Crippen LogP contribution in [0.5, 0.6) is 5.75 Å². The van der Waals surface area contributed by atoms with Gasteiger partial charge < -0.3 is 20.7 Å². The molecular formula is C26H25N5O3. The number of nitrogens with zero attached hydrogens (tertiary/aromatic N) is 2. The standard InChI is InChI=1S/C26H25N5O3/c32-25(28-20-8-3-1-4-9-20)19-34-24-13-7-10-22(18-24)29-26(33)27-16-14-21-15-17-31(30-21)23-11-5-2-6-12-23/h1-13,15,17-18H,14,16,19H2,(H,28,32)(H2,27,29,33). The Balaban J connectivity index is 1.20. The van der Waals surface area contributed by atoms with Crippen LogP contribution in [0, 0.1) is 0 Å². The van der Waals surface area contributed by atoms with Crippen LogP contribution in [-0.4, -0.2) is 34.9 Å². The van der Waals surface area contributed by atoms with Crippen LogP contribution in [0.3, 0.4) is 0 Å². The average Bonchev–Trinajstić information content (AvgIpc) is 3.33. The molecule has 172 valence electrons. The molecule has 3 N–H and O–H groups in total. The highest BCUT2D eigenvalue weighted by Crippen LogP contribution is 2.17. The molecule has 0 fully saturated rings. The lowest BCUT2D eigenvalue weighted by molar-refractivity contribution is -0.118. The highest BCUT2D eigenvalue weighted by atomic mass is 16.5. The van der Waals surface area contributed by atoms with E-state index in [1.807, 2.05) is 60.8 Å². The molecule has 3 amide bonds. The number of carbonyl (C=O) groups is 2. The fourth-order valence-electron chi connectivity index (χ4n) is 3.23. The predicted molar refractivity (Wildman–Crippen MR) is 131 cm³/mol. The molecule has 0 aliphatic carbocycles. The molecule has 0 aliphatic rings. The highest BCUT2D eigenvalue weighted by Gasteiger charge is 2.07. The summed E-state index contributed by atoms with van der Waals surface area (Å²) >= 11 is 0. The Kier molecular flexibility index (Phi) is 7.53. The van der Waals surface area contributed by atoms with Crippen LogP contribution in [0.1, 0.15) is 5.69 Å². The molecule has 1 heterocycles. The van der Waals surface area contributed by atoms with Gasteiger partial charge in [0, 0.05) is 36.6 Å². The molecule has 34 heavy (non-hydrogen) atoms. The van der Waals surface area contributed by atoms with Gasteiger partial charge in [0.05, 0.1) is 11.4 Å². The molecule has 1 aromatic heterocycles. The zero-order chi connectivity index (χ0) is 23.6. The molecule has 0 saturated carbocycles. The van der Waals surface area contributed by atoms with Crippen molar-refractivity contribution in [2.24, 2.45) is 0 Å². The first kappa shape index (κ1) is 22.6. The second-order valence-corrected chi connectivity index (χ2v) is 7.45. The summed E-state index contributed by atoms with van der Waals surface area (Å²) in [6.45, 7) is 0.299. The van der Waals surface area contributed by atoms with Crippen molar-refractivity contribution in [3.8, 4) is 11.4 Å². The number of para-hydroxylation sites is 2. The summed E-state index contributed by atoms with van der Waals surface area (Å²) in [5.41, 5.74) is 3.13. The summed E-state index contributed by atoms with van der Waals surface area (Å²) in [7, 11) is 0. The number of carbonyl (C=O) groups excluding carboxylic acids is 2. The van der Waals surface area contributed by atoms with E-state index < -0.39 is 0 Å². The average molecular weight is 456 g/mol. The lowest BCUT2D eigenvalue weighted by Crippen LogP contribution is -2.30. The van der Waals surface area contributed by atoms with Crippen molar-refractivity contribution >= 4 is 23.3 Å². The predicted octanol–water partition coefficient (Wildman–Crippen LogP) is 4.25. The third-order valence-electron chi connectivity index (χ3n) is 4.85. The number of amides is 3. The van der Waals surface area contributed by atoms with E-state index in [9.17, 15) is 9.59 Å². The Hall–Kier alpha value is -4.59. The molecule has 0 bridgehead atoms. The second-order valence-electron chi connectivity index (χ2n) is 7.45. The third kappa shape index (κ3) is 6.70. The van der Waals surface area contributed by atoms with E-state index in [0.717, 1.165) is 11.4 Å². The quantitative estimate of drug-likeness (QED) is 0.351. The van der Waals surface area contributed by atoms with Crippen LogP contribution in [0.15, 0.2) is 97.2 Å². The van der Waals surface area contributed by atoms with Gasteiger partial charge in [0.25, 0.3) is 5.91 Å². The fourth-order valence-corrected chi connectivity index (χ4v) is 3.23. The minimum atomic E-state index is -0.332. The number of aromatic nitrogens is 2. The lowest BCUT2D eigenvalue weighted by atomic mass is 10.3. The molecule has 0 spiro atoms. The molecule has 8 nitrogen and oxygen atoms in total. The maximum absolute atomic E-state index is 12.3. The number of urea groups is 1. The van der Waals surface area contributed by atoms with Crippen LogP contribution in [0.2, 0.25) is 0 Å². The molecule has 0 radical (unpaired) electrons. The van der Waals surface area contributed by atoms with E-state index in [2.05, 4.69) is 21.0 Å². The first-order valence-corrected chi connectivity index (χ1v) is 10.9. The summed E-state index contributed by atoms with van der Waals surface area (Å²) in [5.74, 6) is 0.212. The van der Waals surface area contributed by atoms with Crippen molar-refractivity contribution in [1.29, 1.82) is 0 Å². The van der Waals surface area contributed by atoms with Crippen molar-refractivity contribution in [2.75, 3.05) is 23.8 Å². The van der Waals surface area contributed by atoms with Gasteiger partial charge in [-0.25, -0.2) is 9.48 Å². The second kappa shape index (κ2) is 11.3. The Labute approximate surface area is 197 Å². The number of rotatable bonds is 9. The number of hydrogen-bond acceptors (Lipinski definition) is 4. The van der Waals surface area contributed by atoms with Crippen LogP contribution in [0.25, 0.3) is 5.69 Å². The number of anilines is 2. The minimum Gasteiger partial charge on any atom is -0.484 e. The van der Waals surface area contributed by atoms with E-state index in [0.29, 0.717) is 30.1 Å². The van der Waals surface area contributed by atoms with Crippen LogP contribution in [-0.2, 0) is 11.2 Å². The highest BCUT2D eigenvalue weighted by molar-refractivity contribution is 5.92. The minimum absolute atomic E-state index is 0.139. The Morgan fingerprint density at radius 1 is 0.824 bits per heavy atom. The van der Waals surface area contributed by atoms with Gasteiger partial charge >= 0.3 is 6.03 Å². The molecule has 0 saturated heterocycles. The van der Waals surface area contributed by atoms with E-state index in [4.69, 9.17) is 4.74 Å². The Morgan fingerprint density at radius 3 is 2.35 bits per heavy atom. The molecule has 0 atom stereocenters. The molecule has 0 aliphatic heterocycles. The third-order valence-corrected chi connectivity index (χ3v) is 4.85. The Bertz CT molecular complexity index is 1230. The van der Waals surface area contributed by atoms with Crippen LogP contribution < -0.4 is 20.7 Å². The Morgan fingerprint density at radius 2 is 1.56 bits per heavy atom. The molecule has 0 unspecified atom stereocenters. The topological polar surface area (TPSA) is 97.3 Å². The van der Waals surface area contributed by atoms with E-state index in [1.54, 1.807) is 41.1 Å². The molecular weight excluding hydrogens is 430 g/mol. The van der Waals surface area contributed by atoms with Crippen molar-refractivity contribution in [3.05, 3.63) is 103 Å². The van der Waals surface area contributed by atoms with Gasteiger partial charge in [-0.1, -0.05) is 42.5 Å². The smallest absolute Gasteiger partial charge is 0.319 e. The number of ether oxygens (including phenoxy) is 1. The molecule has 4 aromatic rings. The zero-order valence-electron chi connectivity index (χ0n) is 18.5. The van der Waals surface area contributed by atoms with Crippen molar-refractivity contribution in [2.45, 2.75) is 6.42 Å². The van der Waals surface area contributed by atoms with Gasteiger partial charge in [0.1, 0.15) is 5.75 Å². The van der Waals surface area contributed by atoms with Gasteiger partial charge in [-0.05, 0) is 42.5 Å². The maximum Gasteiger partial charge on any atom is 0.319 e. The number of benzene rings is 3. The van der Waals surface area contributed by atoms with Crippen LogP contribution in [0.4, 0.5) is 16.2 Å². The normalized spacial score (nSPS) is 10.4. The molecule has 3 aromatic carbocycles. The van der Waals surface area contributed by atoms with Gasteiger partial charge in [0.2, 0.25) is 0 Å².